The molecular weight excluding hydrogens is 244 g/mol. The average Bonchev–Trinajstić information content (AvgIpc) is 2.40. The monoisotopic (exact) mass is 266 g/mol. The van der Waals surface area contributed by atoms with Gasteiger partial charge in [0.2, 0.25) is 0 Å². The number of piperazine rings is 1. The van der Waals surface area contributed by atoms with Gasteiger partial charge in [0.1, 0.15) is 0 Å². The number of rotatable bonds is 5. The quantitative estimate of drug-likeness (QED) is 0.874. The number of nitrogens with one attached hydrogen (secondary N) is 1. The second-order valence-corrected chi connectivity index (χ2v) is 6.35. The van der Waals surface area contributed by atoms with Gasteiger partial charge >= 0.3 is 0 Å². The number of hydrogen-bond acceptors (Lipinski definition) is 3. The van der Waals surface area contributed by atoms with E-state index < -0.39 is 10.8 Å². The summed E-state index contributed by atoms with van der Waals surface area (Å²) in [5.74, 6) is 0.811. The fraction of sp³-hybridized carbons (Fsp3) is 0.571. The number of benzene rings is 1. The molecular formula is C14H22N2OS. The molecule has 1 N–H and O–H groups in total. The summed E-state index contributed by atoms with van der Waals surface area (Å²) >= 11 is 0. The topological polar surface area (TPSA) is 32.3 Å². The van der Waals surface area contributed by atoms with Gasteiger partial charge < -0.3 is 5.32 Å². The van der Waals surface area contributed by atoms with E-state index in [4.69, 9.17) is 0 Å². The Morgan fingerprint density at radius 2 is 2.17 bits per heavy atom. The molecule has 18 heavy (non-hydrogen) atoms. The molecule has 100 valence electrons. The van der Waals surface area contributed by atoms with Crippen LogP contribution in [0.25, 0.3) is 0 Å². The smallest absolute Gasteiger partial charge is 0.0473 e. The van der Waals surface area contributed by atoms with Gasteiger partial charge in [-0.25, -0.2) is 0 Å². The number of nitrogens with zero attached hydrogens (tertiary/aromatic N) is 1. The van der Waals surface area contributed by atoms with Crippen molar-refractivity contribution in [3.05, 3.63) is 35.9 Å². The predicted molar refractivity (Wildman–Crippen MR) is 77.2 cm³/mol. The lowest BCUT2D eigenvalue weighted by Crippen LogP contribution is -2.46. The minimum atomic E-state index is -0.668. The van der Waals surface area contributed by atoms with E-state index in [1.165, 1.54) is 5.56 Å². The van der Waals surface area contributed by atoms with E-state index in [0.717, 1.165) is 38.4 Å². The molecule has 2 atom stereocenters. The van der Waals surface area contributed by atoms with E-state index in [-0.39, 0.29) is 0 Å². The van der Waals surface area contributed by atoms with Gasteiger partial charge in [-0.2, -0.15) is 0 Å². The molecule has 0 amide bonds. The maximum absolute atomic E-state index is 11.1. The Hall–Kier alpha value is -0.710. The lowest BCUT2D eigenvalue weighted by atomic mass is 10.0. The molecule has 1 aliphatic heterocycles. The van der Waals surface area contributed by atoms with E-state index in [1.807, 2.05) is 0 Å². The van der Waals surface area contributed by atoms with Crippen LogP contribution in [0.5, 0.6) is 0 Å². The fourth-order valence-corrected chi connectivity index (χ4v) is 3.02. The van der Waals surface area contributed by atoms with E-state index in [0.29, 0.717) is 6.04 Å². The summed E-state index contributed by atoms with van der Waals surface area (Å²) in [4.78, 5) is 2.51. The maximum atomic E-state index is 11.1. The summed E-state index contributed by atoms with van der Waals surface area (Å²) in [7, 11) is -0.668. The van der Waals surface area contributed by atoms with Gasteiger partial charge in [0.15, 0.2) is 0 Å². The molecule has 1 fully saturated rings. The number of hydrogen-bond donors (Lipinski definition) is 1. The third-order valence-corrected chi connectivity index (χ3v) is 4.28. The zero-order chi connectivity index (χ0) is 12.8. The largest absolute Gasteiger partial charge is 0.314 e. The molecule has 4 heteroatoms. The van der Waals surface area contributed by atoms with Crippen molar-refractivity contribution in [1.82, 2.24) is 10.2 Å². The second kappa shape index (κ2) is 7.02. The Balaban J connectivity index is 1.95. The highest BCUT2D eigenvalue weighted by Gasteiger charge is 2.22. The highest BCUT2D eigenvalue weighted by atomic mass is 32.2. The fourth-order valence-electron chi connectivity index (χ4n) is 2.49. The van der Waals surface area contributed by atoms with E-state index in [2.05, 4.69) is 40.5 Å². The molecule has 1 aromatic rings. The second-order valence-electron chi connectivity index (χ2n) is 4.80. The Bertz CT molecular complexity index is 383. The molecule has 0 radical (unpaired) electrons. The van der Waals surface area contributed by atoms with Crippen LogP contribution in [0, 0.1) is 0 Å². The van der Waals surface area contributed by atoms with Crippen molar-refractivity contribution in [1.29, 1.82) is 0 Å². The van der Waals surface area contributed by atoms with Crippen LogP contribution in [-0.4, -0.2) is 47.3 Å². The van der Waals surface area contributed by atoms with Crippen LogP contribution < -0.4 is 5.32 Å². The van der Waals surface area contributed by atoms with Crippen LogP contribution in [0.3, 0.4) is 0 Å². The lowest BCUT2D eigenvalue weighted by molar-refractivity contribution is 0.163. The van der Waals surface area contributed by atoms with E-state index in [1.54, 1.807) is 6.26 Å². The summed E-state index contributed by atoms with van der Waals surface area (Å²) < 4.78 is 11.1. The van der Waals surface area contributed by atoms with Gasteiger partial charge in [0.05, 0.1) is 0 Å². The van der Waals surface area contributed by atoms with E-state index in [9.17, 15) is 4.21 Å². The van der Waals surface area contributed by atoms with Crippen molar-refractivity contribution in [2.45, 2.75) is 12.5 Å². The summed E-state index contributed by atoms with van der Waals surface area (Å²) in [5, 5.41) is 3.46. The van der Waals surface area contributed by atoms with Crippen LogP contribution in [0.15, 0.2) is 30.3 Å². The molecule has 0 aromatic heterocycles. The van der Waals surface area contributed by atoms with Crippen LogP contribution in [0.4, 0.5) is 0 Å². The molecule has 3 nitrogen and oxygen atoms in total. The van der Waals surface area contributed by atoms with Crippen molar-refractivity contribution >= 4 is 10.8 Å². The molecule has 0 bridgehead atoms. The van der Waals surface area contributed by atoms with Gasteiger partial charge in [-0.1, -0.05) is 30.3 Å². The summed E-state index contributed by atoms with van der Waals surface area (Å²) in [5.41, 5.74) is 1.38. The van der Waals surface area contributed by atoms with Crippen molar-refractivity contribution in [3.63, 3.8) is 0 Å². The molecule has 1 saturated heterocycles. The molecule has 0 saturated carbocycles. The van der Waals surface area contributed by atoms with Gasteiger partial charge in [-0.3, -0.25) is 9.11 Å². The molecule has 1 heterocycles. The standard InChI is InChI=1S/C14H22N2OS/c1-18(17)11-5-9-16-10-8-15-12-14(16)13-6-3-2-4-7-13/h2-4,6-7,14-15H,5,8-12H2,1H3. The summed E-state index contributed by atoms with van der Waals surface area (Å²) in [6.45, 7) is 4.19. The molecule has 1 aliphatic rings. The zero-order valence-electron chi connectivity index (χ0n) is 11.0. The Labute approximate surface area is 112 Å². The van der Waals surface area contributed by atoms with Crippen molar-refractivity contribution < 1.29 is 4.21 Å². The molecule has 2 unspecified atom stereocenters. The van der Waals surface area contributed by atoms with Gasteiger partial charge in [-0.15, -0.1) is 0 Å². The lowest BCUT2D eigenvalue weighted by Gasteiger charge is -2.36. The van der Waals surface area contributed by atoms with Gasteiger partial charge in [0, 0.05) is 48.5 Å². The maximum Gasteiger partial charge on any atom is 0.0473 e. The van der Waals surface area contributed by atoms with Crippen LogP contribution in [0.2, 0.25) is 0 Å². The minimum absolute atomic E-state index is 0.463. The first-order valence-electron chi connectivity index (χ1n) is 6.57. The first-order valence-corrected chi connectivity index (χ1v) is 8.30. The Morgan fingerprint density at radius 3 is 2.89 bits per heavy atom. The highest BCUT2D eigenvalue weighted by molar-refractivity contribution is 7.84. The molecule has 0 aliphatic carbocycles. The first kappa shape index (κ1) is 13.7. The first-order chi connectivity index (χ1) is 8.77. The Morgan fingerprint density at radius 1 is 1.39 bits per heavy atom. The van der Waals surface area contributed by atoms with Gasteiger partial charge in [0.25, 0.3) is 0 Å². The molecule has 2 rings (SSSR count). The summed E-state index contributed by atoms with van der Waals surface area (Å²) in [6, 6.07) is 11.1. The predicted octanol–water partition coefficient (Wildman–Crippen LogP) is 1.40. The zero-order valence-corrected chi connectivity index (χ0v) is 11.8. The van der Waals surface area contributed by atoms with Crippen molar-refractivity contribution in [2.24, 2.45) is 0 Å². The molecule has 0 spiro atoms. The van der Waals surface area contributed by atoms with E-state index >= 15 is 0 Å². The normalized spacial score (nSPS) is 22.8. The third kappa shape index (κ3) is 3.90. The summed E-state index contributed by atoms with van der Waals surface area (Å²) in [6.07, 6.45) is 2.80. The van der Waals surface area contributed by atoms with Gasteiger partial charge in [-0.05, 0) is 18.5 Å². The minimum Gasteiger partial charge on any atom is -0.314 e. The molecule has 1 aromatic carbocycles. The van der Waals surface area contributed by atoms with Crippen molar-refractivity contribution in [2.75, 3.05) is 38.2 Å². The Kier molecular flexibility index (Phi) is 5.35. The van der Waals surface area contributed by atoms with Crippen LogP contribution >= 0.6 is 0 Å². The average molecular weight is 266 g/mol. The van der Waals surface area contributed by atoms with Crippen LogP contribution in [0.1, 0.15) is 18.0 Å². The van der Waals surface area contributed by atoms with Crippen LogP contribution in [-0.2, 0) is 10.8 Å². The third-order valence-electron chi connectivity index (χ3n) is 3.42. The van der Waals surface area contributed by atoms with Crippen molar-refractivity contribution in [3.8, 4) is 0 Å². The SMILES string of the molecule is CS(=O)CCCN1CCNCC1c1ccccc1. The highest BCUT2D eigenvalue weighted by Crippen LogP contribution is 2.21.